The monoisotopic (exact) mass is 476 g/mol. The molecule has 1 unspecified atom stereocenters. The van der Waals surface area contributed by atoms with Gasteiger partial charge in [0.1, 0.15) is 22.3 Å². The van der Waals surface area contributed by atoms with Gasteiger partial charge < -0.3 is 14.3 Å². The van der Waals surface area contributed by atoms with E-state index in [2.05, 4.69) is 19.7 Å². The van der Waals surface area contributed by atoms with Crippen LogP contribution in [-0.2, 0) is 10.0 Å². The Hall–Kier alpha value is -2.05. The van der Waals surface area contributed by atoms with Crippen molar-refractivity contribution < 1.29 is 22.7 Å². The van der Waals surface area contributed by atoms with E-state index in [0.717, 1.165) is 11.8 Å². The highest BCUT2D eigenvalue weighted by Crippen LogP contribution is 2.32. The number of aliphatic hydroxyl groups is 1. The van der Waals surface area contributed by atoms with Gasteiger partial charge in [0, 0.05) is 5.75 Å². The van der Waals surface area contributed by atoms with E-state index in [1.54, 1.807) is 0 Å². The molecule has 0 aliphatic rings. The van der Waals surface area contributed by atoms with Crippen LogP contribution in [0.25, 0.3) is 0 Å². The van der Waals surface area contributed by atoms with Gasteiger partial charge >= 0.3 is 0 Å². The normalized spacial score (nSPS) is 12.6. The van der Waals surface area contributed by atoms with Crippen molar-refractivity contribution in [2.45, 2.75) is 16.0 Å². The van der Waals surface area contributed by atoms with Crippen LogP contribution in [0.4, 0.5) is 5.82 Å². The Morgan fingerprint density at radius 3 is 2.83 bits per heavy atom. The first kappa shape index (κ1) is 21.7. The first-order valence-electron chi connectivity index (χ1n) is 7.90. The van der Waals surface area contributed by atoms with Crippen LogP contribution in [0.15, 0.2) is 51.2 Å². The Balaban J connectivity index is 1.77. The van der Waals surface area contributed by atoms with Gasteiger partial charge in [-0.25, -0.2) is 23.4 Å². The van der Waals surface area contributed by atoms with E-state index in [1.807, 2.05) is 0 Å². The second-order valence-corrected chi connectivity index (χ2v) is 8.90. The summed E-state index contributed by atoms with van der Waals surface area (Å²) in [5, 5.41) is 10.4. The van der Waals surface area contributed by atoms with E-state index in [-0.39, 0.29) is 38.3 Å². The average molecular weight is 477 g/mol. The van der Waals surface area contributed by atoms with Crippen molar-refractivity contribution in [1.82, 2.24) is 15.0 Å². The van der Waals surface area contributed by atoms with Crippen LogP contribution in [0.2, 0.25) is 10.0 Å². The van der Waals surface area contributed by atoms with Crippen molar-refractivity contribution in [3.8, 4) is 5.88 Å². The molecule has 2 heterocycles. The number of nitrogens with zero attached hydrogens (tertiary/aromatic N) is 3. The lowest BCUT2D eigenvalue weighted by Gasteiger charge is -2.12. The Bertz CT molecular complexity index is 1100. The number of nitrogens with one attached hydrogen (secondary N) is 1. The summed E-state index contributed by atoms with van der Waals surface area (Å²) < 4.78 is 37.7. The molecule has 1 aromatic carbocycles. The topological polar surface area (TPSA) is 127 Å². The zero-order chi connectivity index (χ0) is 21.0. The molecule has 0 spiro atoms. The summed E-state index contributed by atoms with van der Waals surface area (Å²) in [5.74, 6) is 0.199. The first-order valence-corrected chi connectivity index (χ1v) is 11.1. The smallest absolute Gasteiger partial charge is 0.264 e. The molecule has 1 atom stereocenters. The minimum Gasteiger partial charge on any atom is -0.478 e. The number of oxazole rings is 1. The Kier molecular flexibility index (Phi) is 6.85. The molecule has 9 nitrogen and oxygen atoms in total. The van der Waals surface area contributed by atoms with Gasteiger partial charge in [-0.15, -0.1) is 11.8 Å². The van der Waals surface area contributed by atoms with E-state index < -0.39 is 16.1 Å². The number of benzene rings is 1. The highest BCUT2D eigenvalue weighted by Gasteiger charge is 2.23. The summed E-state index contributed by atoms with van der Waals surface area (Å²) in [5.41, 5.74) is 0. The minimum atomic E-state index is -4.08. The summed E-state index contributed by atoms with van der Waals surface area (Å²) >= 11 is 13.1. The Morgan fingerprint density at radius 2 is 2.14 bits per heavy atom. The van der Waals surface area contributed by atoms with Crippen LogP contribution in [0, 0.1) is 0 Å². The number of anilines is 1. The maximum Gasteiger partial charge on any atom is 0.264 e. The van der Waals surface area contributed by atoms with E-state index in [1.165, 1.54) is 44.0 Å². The third-order valence-corrected chi connectivity index (χ3v) is 6.76. The lowest BCUT2D eigenvalue weighted by Crippen LogP contribution is -2.16. The number of ether oxygens (including phenoxy) is 1. The minimum absolute atomic E-state index is 0.0534. The molecule has 2 N–H and O–H groups in total. The van der Waals surface area contributed by atoms with Crippen molar-refractivity contribution in [3.05, 3.63) is 52.8 Å². The van der Waals surface area contributed by atoms with E-state index >= 15 is 0 Å². The third-order valence-electron chi connectivity index (χ3n) is 3.47. The Labute approximate surface area is 180 Å². The van der Waals surface area contributed by atoms with Crippen molar-refractivity contribution >= 4 is 50.8 Å². The van der Waals surface area contributed by atoms with Crippen LogP contribution in [0.5, 0.6) is 5.88 Å². The lowest BCUT2D eigenvalue weighted by atomic mass is 10.4. The third kappa shape index (κ3) is 5.11. The van der Waals surface area contributed by atoms with Crippen molar-refractivity contribution in [2.24, 2.45) is 0 Å². The predicted molar refractivity (Wildman–Crippen MR) is 108 cm³/mol. The van der Waals surface area contributed by atoms with Gasteiger partial charge in [0.15, 0.2) is 0 Å². The molecule has 0 amide bonds. The fourth-order valence-corrected chi connectivity index (χ4v) is 4.66. The molecule has 0 aliphatic carbocycles. The second-order valence-electron chi connectivity index (χ2n) is 5.42. The molecular formula is C16H14Cl2N4O5S2. The predicted octanol–water partition coefficient (Wildman–Crippen LogP) is 3.41. The fourth-order valence-electron chi connectivity index (χ4n) is 2.15. The number of aromatic nitrogens is 3. The standard InChI is InChI=1S/C16H14Cl2N4O5S2/c1-26-16-14(22-29(24,25)11-4-2-3-9(17)13(11)18)20-7-12(21-16)28-8-10(23)15-19-5-6-27-15/h2-7,10,23H,8H2,1H3,(H,20,22). The molecular weight excluding hydrogens is 463 g/mol. The molecule has 0 radical (unpaired) electrons. The van der Waals surface area contributed by atoms with Gasteiger partial charge in [-0.3, -0.25) is 4.72 Å². The van der Waals surface area contributed by atoms with Gasteiger partial charge in [0.25, 0.3) is 15.9 Å². The number of thioether (sulfide) groups is 1. The molecule has 3 rings (SSSR count). The van der Waals surface area contributed by atoms with Crippen molar-refractivity contribution in [3.63, 3.8) is 0 Å². The number of hydrogen-bond donors (Lipinski definition) is 2. The van der Waals surface area contributed by atoms with Crippen molar-refractivity contribution in [1.29, 1.82) is 0 Å². The zero-order valence-corrected chi connectivity index (χ0v) is 17.9. The van der Waals surface area contributed by atoms with Gasteiger partial charge in [0.2, 0.25) is 11.7 Å². The molecule has 0 bridgehead atoms. The largest absolute Gasteiger partial charge is 0.478 e. The Morgan fingerprint density at radius 1 is 1.34 bits per heavy atom. The molecule has 0 saturated carbocycles. The van der Waals surface area contributed by atoms with Gasteiger partial charge in [-0.1, -0.05) is 29.3 Å². The SMILES string of the molecule is COc1nc(SCC(O)c2ncco2)cnc1NS(=O)(=O)c1cccc(Cl)c1Cl. The molecule has 154 valence electrons. The van der Waals surface area contributed by atoms with E-state index in [9.17, 15) is 13.5 Å². The molecule has 0 aliphatic heterocycles. The fraction of sp³-hybridized carbons (Fsp3) is 0.188. The molecule has 0 fully saturated rings. The maximum atomic E-state index is 12.6. The summed E-state index contributed by atoms with van der Waals surface area (Å²) in [6, 6.07) is 4.25. The van der Waals surface area contributed by atoms with Crippen LogP contribution < -0.4 is 9.46 Å². The number of methoxy groups -OCH3 is 1. The van der Waals surface area contributed by atoms with Crippen molar-refractivity contribution in [2.75, 3.05) is 17.6 Å². The van der Waals surface area contributed by atoms with Crippen LogP contribution in [-0.4, -0.2) is 41.3 Å². The summed E-state index contributed by atoms with van der Waals surface area (Å²) in [7, 11) is -2.76. The van der Waals surface area contributed by atoms with Crippen LogP contribution in [0.1, 0.15) is 12.0 Å². The first-order chi connectivity index (χ1) is 13.8. The van der Waals surface area contributed by atoms with Gasteiger partial charge in [0.05, 0.1) is 29.5 Å². The van der Waals surface area contributed by atoms with Gasteiger partial charge in [-0.2, -0.15) is 0 Å². The number of rotatable bonds is 8. The highest BCUT2D eigenvalue weighted by molar-refractivity contribution is 7.99. The van der Waals surface area contributed by atoms with Gasteiger partial charge in [-0.05, 0) is 12.1 Å². The average Bonchev–Trinajstić information content (AvgIpc) is 3.23. The van der Waals surface area contributed by atoms with Crippen LogP contribution in [0.3, 0.4) is 0 Å². The lowest BCUT2D eigenvalue weighted by molar-refractivity contribution is 0.167. The molecule has 2 aromatic heterocycles. The molecule has 0 saturated heterocycles. The molecule has 29 heavy (non-hydrogen) atoms. The summed E-state index contributed by atoms with van der Waals surface area (Å²) in [4.78, 5) is 11.9. The molecule has 13 heteroatoms. The molecule has 3 aromatic rings. The highest BCUT2D eigenvalue weighted by atomic mass is 35.5. The van der Waals surface area contributed by atoms with E-state index in [0.29, 0.717) is 5.03 Å². The number of hydrogen-bond acceptors (Lipinski definition) is 9. The second kappa shape index (κ2) is 9.18. The maximum absolute atomic E-state index is 12.6. The summed E-state index contributed by atoms with van der Waals surface area (Å²) in [6.07, 6.45) is 3.19. The zero-order valence-electron chi connectivity index (χ0n) is 14.7. The number of sulfonamides is 1. The summed E-state index contributed by atoms with van der Waals surface area (Å²) in [6.45, 7) is 0. The quantitative estimate of drug-likeness (QED) is 0.469. The van der Waals surface area contributed by atoms with E-state index in [4.69, 9.17) is 32.4 Å². The number of halogens is 2. The number of aliphatic hydroxyl groups excluding tert-OH is 1. The van der Waals surface area contributed by atoms with Crippen LogP contribution >= 0.6 is 35.0 Å².